The number of hydrogen-bond acceptors (Lipinski definition) is 4. The van der Waals surface area contributed by atoms with E-state index in [0.29, 0.717) is 11.5 Å². The highest BCUT2D eigenvalue weighted by Gasteiger charge is 2.52. The zero-order valence-electron chi connectivity index (χ0n) is 20.3. The molecular formula is C29H34Cl2O4. The molecule has 2 aliphatic rings. The van der Waals surface area contributed by atoms with Gasteiger partial charge in [0.2, 0.25) is 0 Å². The van der Waals surface area contributed by atoms with Crippen LogP contribution >= 0.6 is 23.2 Å². The molecular weight excluding hydrogens is 483 g/mol. The number of fused-ring (bicyclic) bond motifs is 1. The quantitative estimate of drug-likeness (QED) is 0.379. The minimum absolute atomic E-state index is 0.0332. The second kappa shape index (κ2) is 11.0. The minimum atomic E-state index is -0.690. The molecule has 2 aromatic carbocycles. The van der Waals surface area contributed by atoms with Gasteiger partial charge in [-0.15, -0.1) is 23.2 Å². The van der Waals surface area contributed by atoms with Crippen molar-refractivity contribution < 1.29 is 19.7 Å². The predicted molar refractivity (Wildman–Crippen MR) is 142 cm³/mol. The third-order valence-corrected chi connectivity index (χ3v) is 7.70. The zero-order chi connectivity index (χ0) is 25.1. The monoisotopic (exact) mass is 516 g/mol. The SMILES string of the molecule is CC1(C)CC(c2ccc(OCC(O)CCl)cc2)(c2ccc(OCC(O)CCl)cc2)C2=CCCC=C21. The molecule has 0 bridgehead atoms. The summed E-state index contributed by atoms with van der Waals surface area (Å²) in [5.74, 6) is 1.70. The highest BCUT2D eigenvalue weighted by molar-refractivity contribution is 6.18. The van der Waals surface area contributed by atoms with E-state index in [4.69, 9.17) is 32.7 Å². The summed E-state index contributed by atoms with van der Waals surface area (Å²) in [6.07, 6.45) is 6.50. The van der Waals surface area contributed by atoms with Crippen molar-refractivity contribution in [2.75, 3.05) is 25.0 Å². The number of allylic oxidation sites excluding steroid dienone is 4. The molecule has 4 nitrogen and oxygen atoms in total. The first kappa shape index (κ1) is 26.1. The Kier molecular flexibility index (Phi) is 8.17. The molecule has 0 aromatic heterocycles. The summed E-state index contributed by atoms with van der Waals surface area (Å²) in [6.45, 7) is 4.99. The Bertz CT molecular complexity index is 1000. The summed E-state index contributed by atoms with van der Waals surface area (Å²) < 4.78 is 11.5. The zero-order valence-corrected chi connectivity index (χ0v) is 21.9. The molecule has 4 rings (SSSR count). The van der Waals surface area contributed by atoms with E-state index in [1.165, 1.54) is 22.3 Å². The van der Waals surface area contributed by atoms with Crippen molar-refractivity contribution in [2.45, 2.75) is 50.7 Å². The van der Waals surface area contributed by atoms with E-state index < -0.39 is 12.2 Å². The van der Waals surface area contributed by atoms with Gasteiger partial charge in [-0.1, -0.05) is 50.3 Å². The lowest BCUT2D eigenvalue weighted by atomic mass is 9.68. The van der Waals surface area contributed by atoms with E-state index >= 15 is 0 Å². The molecule has 188 valence electrons. The van der Waals surface area contributed by atoms with Crippen LogP contribution in [0.5, 0.6) is 11.5 Å². The van der Waals surface area contributed by atoms with Gasteiger partial charge in [-0.3, -0.25) is 0 Å². The Hall–Kier alpha value is -1.98. The summed E-state index contributed by atoms with van der Waals surface area (Å²) >= 11 is 11.4. The average molecular weight is 517 g/mol. The fourth-order valence-electron chi connectivity index (χ4n) is 5.40. The van der Waals surface area contributed by atoms with Crippen molar-refractivity contribution >= 4 is 23.2 Å². The number of aliphatic hydroxyl groups is 2. The van der Waals surface area contributed by atoms with Crippen LogP contribution in [0.4, 0.5) is 0 Å². The highest BCUT2D eigenvalue weighted by Crippen LogP contribution is 2.61. The summed E-state index contributed by atoms with van der Waals surface area (Å²) in [5.41, 5.74) is 4.96. The Balaban J connectivity index is 1.71. The minimum Gasteiger partial charge on any atom is -0.491 e. The summed E-state index contributed by atoms with van der Waals surface area (Å²) in [4.78, 5) is 0. The predicted octanol–water partition coefficient (Wildman–Crippen LogP) is 6.01. The van der Waals surface area contributed by atoms with E-state index in [2.05, 4.69) is 50.3 Å². The number of hydrogen-bond donors (Lipinski definition) is 2. The molecule has 2 aliphatic carbocycles. The van der Waals surface area contributed by atoms with Crippen LogP contribution in [0.2, 0.25) is 0 Å². The second-order valence-corrected chi connectivity index (χ2v) is 10.7. The fourth-order valence-corrected chi connectivity index (χ4v) is 5.58. The van der Waals surface area contributed by atoms with Gasteiger partial charge < -0.3 is 19.7 Å². The van der Waals surface area contributed by atoms with Crippen molar-refractivity contribution in [1.29, 1.82) is 0 Å². The van der Waals surface area contributed by atoms with Crippen LogP contribution in [0.25, 0.3) is 0 Å². The van der Waals surface area contributed by atoms with Crippen molar-refractivity contribution in [2.24, 2.45) is 5.41 Å². The summed E-state index contributed by atoms with van der Waals surface area (Å²) in [7, 11) is 0. The topological polar surface area (TPSA) is 58.9 Å². The molecule has 1 fully saturated rings. The molecule has 0 heterocycles. The van der Waals surface area contributed by atoms with Gasteiger partial charge in [0, 0.05) is 5.41 Å². The normalized spacial score (nSPS) is 22.6. The summed E-state index contributed by atoms with van der Waals surface area (Å²) in [5, 5.41) is 19.5. The lowest BCUT2D eigenvalue weighted by molar-refractivity contribution is 0.125. The molecule has 1 saturated carbocycles. The maximum absolute atomic E-state index is 9.73. The number of ether oxygens (including phenoxy) is 2. The van der Waals surface area contributed by atoms with Gasteiger partial charge in [0.15, 0.2) is 0 Å². The second-order valence-electron chi connectivity index (χ2n) is 10.1. The number of alkyl halides is 2. The molecule has 0 amide bonds. The highest BCUT2D eigenvalue weighted by atomic mass is 35.5. The summed E-state index contributed by atoms with van der Waals surface area (Å²) in [6, 6.07) is 16.4. The van der Waals surface area contributed by atoms with E-state index in [0.717, 1.165) is 19.3 Å². The lowest BCUT2D eigenvalue weighted by Crippen LogP contribution is -2.28. The molecule has 2 unspecified atom stereocenters. The Morgan fingerprint density at radius 1 is 0.743 bits per heavy atom. The van der Waals surface area contributed by atoms with Crippen LogP contribution in [0.1, 0.15) is 44.2 Å². The molecule has 6 heteroatoms. The van der Waals surface area contributed by atoms with Crippen LogP contribution in [0.3, 0.4) is 0 Å². The van der Waals surface area contributed by atoms with Crippen LogP contribution in [-0.4, -0.2) is 47.4 Å². The lowest BCUT2D eigenvalue weighted by Gasteiger charge is -2.34. The van der Waals surface area contributed by atoms with Crippen molar-refractivity contribution in [3.63, 3.8) is 0 Å². The third kappa shape index (κ3) is 5.41. The van der Waals surface area contributed by atoms with E-state index in [-0.39, 0.29) is 35.8 Å². The van der Waals surface area contributed by atoms with Crippen LogP contribution in [0.15, 0.2) is 71.8 Å². The molecule has 0 saturated heterocycles. The molecule has 2 atom stereocenters. The van der Waals surface area contributed by atoms with Gasteiger partial charge in [0.25, 0.3) is 0 Å². The Morgan fingerprint density at radius 3 is 1.60 bits per heavy atom. The third-order valence-electron chi connectivity index (χ3n) is 6.99. The van der Waals surface area contributed by atoms with Crippen LogP contribution < -0.4 is 9.47 Å². The average Bonchev–Trinajstić information content (AvgIpc) is 3.14. The molecule has 35 heavy (non-hydrogen) atoms. The van der Waals surface area contributed by atoms with Crippen molar-refractivity contribution in [3.8, 4) is 11.5 Å². The number of benzene rings is 2. The molecule has 0 radical (unpaired) electrons. The van der Waals surface area contributed by atoms with Crippen LogP contribution in [-0.2, 0) is 5.41 Å². The molecule has 0 spiro atoms. The first-order valence-electron chi connectivity index (χ1n) is 12.2. The van der Waals surface area contributed by atoms with Gasteiger partial charge in [-0.2, -0.15) is 0 Å². The standard InChI is InChI=1S/C29H34Cl2O4/c1-28(2)19-29(27-6-4-3-5-26(27)28,20-7-11-24(12-8-20)34-17-22(32)15-30)21-9-13-25(14-10-21)35-18-23(33)16-31/h5-14,22-23,32-33H,3-4,15-19H2,1-2H3. The van der Waals surface area contributed by atoms with Crippen molar-refractivity contribution in [1.82, 2.24) is 0 Å². The maximum Gasteiger partial charge on any atom is 0.119 e. The van der Waals surface area contributed by atoms with Gasteiger partial charge in [0.05, 0.1) is 11.8 Å². The van der Waals surface area contributed by atoms with Gasteiger partial charge in [0.1, 0.15) is 36.9 Å². The Labute approximate surface area is 218 Å². The van der Waals surface area contributed by atoms with Crippen molar-refractivity contribution in [3.05, 3.63) is 83.0 Å². The number of halogens is 2. The fraction of sp³-hybridized carbons (Fsp3) is 0.448. The van der Waals surface area contributed by atoms with E-state index in [1.54, 1.807) is 0 Å². The number of aliphatic hydroxyl groups excluding tert-OH is 2. The van der Waals surface area contributed by atoms with E-state index in [9.17, 15) is 10.2 Å². The first-order valence-corrected chi connectivity index (χ1v) is 13.2. The molecule has 2 aromatic rings. The number of rotatable bonds is 10. The molecule has 2 N–H and O–H groups in total. The van der Waals surface area contributed by atoms with Gasteiger partial charge in [-0.05, 0) is 71.2 Å². The van der Waals surface area contributed by atoms with Gasteiger partial charge in [-0.25, -0.2) is 0 Å². The molecule has 0 aliphatic heterocycles. The van der Waals surface area contributed by atoms with Gasteiger partial charge >= 0.3 is 0 Å². The first-order chi connectivity index (χ1) is 16.8. The Morgan fingerprint density at radius 2 is 1.17 bits per heavy atom. The van der Waals surface area contributed by atoms with E-state index in [1.807, 2.05) is 24.3 Å². The maximum atomic E-state index is 9.73. The largest absolute Gasteiger partial charge is 0.491 e. The smallest absolute Gasteiger partial charge is 0.119 e. The van der Waals surface area contributed by atoms with Crippen LogP contribution in [0, 0.1) is 5.41 Å².